The number of carbonyl (C=O) groups is 1. The molecule has 3 aromatic carbocycles. The molecule has 1 amide bonds. The van der Waals surface area contributed by atoms with Crippen molar-refractivity contribution in [3.05, 3.63) is 94.8 Å². The van der Waals surface area contributed by atoms with Gasteiger partial charge in [-0.15, -0.1) is 0 Å². The van der Waals surface area contributed by atoms with Crippen LogP contribution in [0, 0.1) is 19.7 Å². The Morgan fingerprint density at radius 2 is 1.69 bits per heavy atom. The van der Waals surface area contributed by atoms with Crippen LogP contribution in [0.4, 0.5) is 10.1 Å². The summed E-state index contributed by atoms with van der Waals surface area (Å²) in [5.74, 6) is -0.926. The van der Waals surface area contributed by atoms with Crippen molar-refractivity contribution in [2.24, 2.45) is 0 Å². The van der Waals surface area contributed by atoms with Crippen LogP contribution in [0.5, 0.6) is 0 Å². The Balaban J connectivity index is 1.72. The van der Waals surface area contributed by atoms with Gasteiger partial charge in [-0.1, -0.05) is 42.0 Å². The van der Waals surface area contributed by atoms with Gasteiger partial charge in [0.15, 0.2) is 0 Å². The van der Waals surface area contributed by atoms with E-state index in [0.717, 1.165) is 17.2 Å². The zero-order valence-corrected chi connectivity index (χ0v) is 16.9. The molecule has 0 aliphatic heterocycles. The van der Waals surface area contributed by atoms with Gasteiger partial charge in [-0.25, -0.2) is 12.8 Å². The lowest BCUT2D eigenvalue weighted by atomic mass is 10.1. The number of hydrogen-bond donors (Lipinski definition) is 2. The first-order valence-electron chi connectivity index (χ1n) is 8.97. The second kappa shape index (κ2) is 8.45. The summed E-state index contributed by atoms with van der Waals surface area (Å²) in [6, 6.07) is 17.6. The Kier molecular flexibility index (Phi) is 5.98. The van der Waals surface area contributed by atoms with Crippen LogP contribution >= 0.6 is 0 Å². The monoisotopic (exact) mass is 412 g/mol. The van der Waals surface area contributed by atoms with Crippen molar-refractivity contribution in [3.63, 3.8) is 0 Å². The van der Waals surface area contributed by atoms with Gasteiger partial charge in [0, 0.05) is 17.8 Å². The lowest BCUT2D eigenvalue weighted by Gasteiger charge is -2.11. The summed E-state index contributed by atoms with van der Waals surface area (Å²) in [5.41, 5.74) is 2.98. The molecule has 0 aliphatic rings. The number of sulfonamides is 1. The fourth-order valence-electron chi connectivity index (χ4n) is 2.67. The summed E-state index contributed by atoms with van der Waals surface area (Å²) < 4.78 is 41.1. The van der Waals surface area contributed by atoms with Gasteiger partial charge in [-0.05, 0) is 55.3 Å². The van der Waals surface area contributed by atoms with Gasteiger partial charge >= 0.3 is 0 Å². The molecule has 0 saturated heterocycles. The largest absolute Gasteiger partial charge is 0.348 e. The number of aryl methyl sites for hydroxylation is 2. The van der Waals surface area contributed by atoms with Gasteiger partial charge in [0.1, 0.15) is 5.82 Å². The number of halogens is 1. The molecule has 7 heteroatoms. The molecule has 2 N–H and O–H groups in total. The van der Waals surface area contributed by atoms with E-state index in [0.29, 0.717) is 17.7 Å². The molecule has 0 aromatic heterocycles. The van der Waals surface area contributed by atoms with Gasteiger partial charge in [-0.2, -0.15) is 0 Å². The molecule has 150 valence electrons. The molecule has 0 unspecified atom stereocenters. The molecular weight excluding hydrogens is 391 g/mol. The molecule has 3 rings (SSSR count). The number of hydrogen-bond acceptors (Lipinski definition) is 3. The summed E-state index contributed by atoms with van der Waals surface area (Å²) in [6.45, 7) is 3.90. The minimum atomic E-state index is -3.98. The molecule has 0 aliphatic carbocycles. The Morgan fingerprint density at radius 1 is 0.966 bits per heavy atom. The van der Waals surface area contributed by atoms with E-state index in [1.54, 1.807) is 19.1 Å². The van der Waals surface area contributed by atoms with Crippen molar-refractivity contribution in [2.75, 3.05) is 4.72 Å². The van der Waals surface area contributed by atoms with Crippen molar-refractivity contribution < 1.29 is 17.6 Å². The molecule has 0 atom stereocenters. The zero-order chi connectivity index (χ0) is 21.0. The summed E-state index contributed by atoms with van der Waals surface area (Å²) in [6.07, 6.45) is 0. The fourth-order valence-corrected chi connectivity index (χ4v) is 3.73. The van der Waals surface area contributed by atoms with Crippen LogP contribution in [0.2, 0.25) is 0 Å². The number of benzene rings is 3. The van der Waals surface area contributed by atoms with E-state index in [-0.39, 0.29) is 16.5 Å². The average molecular weight is 412 g/mol. The number of anilines is 1. The molecule has 29 heavy (non-hydrogen) atoms. The van der Waals surface area contributed by atoms with E-state index in [1.165, 1.54) is 24.3 Å². The minimum absolute atomic E-state index is 0.185. The maximum Gasteiger partial charge on any atom is 0.261 e. The Morgan fingerprint density at radius 3 is 2.38 bits per heavy atom. The Labute approximate surface area is 169 Å². The zero-order valence-electron chi connectivity index (χ0n) is 16.1. The van der Waals surface area contributed by atoms with Crippen molar-refractivity contribution in [1.29, 1.82) is 0 Å². The fraction of sp³-hybridized carbons (Fsp3) is 0.136. The van der Waals surface area contributed by atoms with E-state index in [2.05, 4.69) is 10.0 Å². The molecule has 0 spiro atoms. The second-order valence-corrected chi connectivity index (χ2v) is 8.45. The number of carbonyl (C=O) groups excluding carboxylic acids is 1. The highest BCUT2D eigenvalue weighted by Gasteiger charge is 2.16. The Hall–Kier alpha value is -3.19. The summed E-state index contributed by atoms with van der Waals surface area (Å²) in [5, 5.41) is 2.80. The molecule has 0 radical (unpaired) electrons. The molecular formula is C22H21FN2O3S. The van der Waals surface area contributed by atoms with Gasteiger partial charge in [-0.3, -0.25) is 9.52 Å². The maximum atomic E-state index is 13.7. The number of nitrogens with one attached hydrogen (secondary N) is 2. The summed E-state index contributed by atoms with van der Waals surface area (Å²) in [4.78, 5) is 12.2. The number of amides is 1. The maximum absolute atomic E-state index is 13.7. The first-order valence-corrected chi connectivity index (χ1v) is 10.5. The highest BCUT2D eigenvalue weighted by atomic mass is 32.2. The van der Waals surface area contributed by atoms with Crippen LogP contribution in [0.3, 0.4) is 0 Å². The van der Waals surface area contributed by atoms with Crippen LogP contribution in [-0.2, 0) is 16.6 Å². The van der Waals surface area contributed by atoms with Crippen molar-refractivity contribution in [1.82, 2.24) is 5.32 Å². The third-order valence-corrected chi connectivity index (χ3v) is 5.78. The quantitative estimate of drug-likeness (QED) is 0.638. The molecule has 5 nitrogen and oxygen atoms in total. The van der Waals surface area contributed by atoms with Crippen LogP contribution in [0.1, 0.15) is 27.0 Å². The van der Waals surface area contributed by atoms with E-state index in [9.17, 15) is 17.6 Å². The Bertz CT molecular complexity index is 1140. The van der Waals surface area contributed by atoms with Crippen molar-refractivity contribution in [3.8, 4) is 0 Å². The SMILES string of the molecule is Cc1ccc(CNC(=O)c2cccc(NS(=O)(=O)c3ccc(C)c(F)c3)c2)cc1. The van der Waals surface area contributed by atoms with Crippen molar-refractivity contribution in [2.45, 2.75) is 25.3 Å². The van der Waals surface area contributed by atoms with E-state index >= 15 is 0 Å². The number of rotatable bonds is 6. The lowest BCUT2D eigenvalue weighted by molar-refractivity contribution is 0.0951. The van der Waals surface area contributed by atoms with E-state index in [4.69, 9.17) is 0 Å². The van der Waals surface area contributed by atoms with Crippen LogP contribution < -0.4 is 10.0 Å². The molecule has 3 aromatic rings. The smallest absolute Gasteiger partial charge is 0.261 e. The first-order chi connectivity index (χ1) is 13.7. The van der Waals surface area contributed by atoms with Crippen molar-refractivity contribution >= 4 is 21.6 Å². The third-order valence-electron chi connectivity index (χ3n) is 4.40. The lowest BCUT2D eigenvalue weighted by Crippen LogP contribution is -2.23. The minimum Gasteiger partial charge on any atom is -0.348 e. The van der Waals surface area contributed by atoms with E-state index in [1.807, 2.05) is 31.2 Å². The van der Waals surface area contributed by atoms with Crippen LogP contribution in [0.25, 0.3) is 0 Å². The van der Waals surface area contributed by atoms with E-state index < -0.39 is 15.8 Å². The van der Waals surface area contributed by atoms with Crippen LogP contribution in [0.15, 0.2) is 71.6 Å². The van der Waals surface area contributed by atoms with Gasteiger partial charge < -0.3 is 5.32 Å². The predicted octanol–water partition coefficient (Wildman–Crippen LogP) is 4.17. The molecule has 0 fully saturated rings. The molecule has 0 saturated carbocycles. The highest BCUT2D eigenvalue weighted by Crippen LogP contribution is 2.19. The summed E-state index contributed by atoms with van der Waals surface area (Å²) in [7, 11) is -3.98. The topological polar surface area (TPSA) is 75.3 Å². The standard InChI is InChI=1S/C22H21FN2O3S/c1-15-6-9-17(10-7-15)14-24-22(26)18-4-3-5-19(12-18)25-29(27,28)20-11-8-16(2)21(23)13-20/h3-13,25H,14H2,1-2H3,(H,24,26). The molecule has 0 heterocycles. The summed E-state index contributed by atoms with van der Waals surface area (Å²) >= 11 is 0. The van der Waals surface area contributed by atoms with Gasteiger partial charge in [0.25, 0.3) is 15.9 Å². The van der Waals surface area contributed by atoms with Crippen LogP contribution in [-0.4, -0.2) is 14.3 Å². The highest BCUT2D eigenvalue weighted by molar-refractivity contribution is 7.92. The molecule has 0 bridgehead atoms. The van der Waals surface area contributed by atoms with Gasteiger partial charge in [0.2, 0.25) is 0 Å². The third kappa shape index (κ3) is 5.20. The van der Waals surface area contributed by atoms with Gasteiger partial charge in [0.05, 0.1) is 4.90 Å². The normalized spacial score (nSPS) is 11.1. The average Bonchev–Trinajstić information content (AvgIpc) is 2.69. The first kappa shape index (κ1) is 20.5. The predicted molar refractivity (Wildman–Crippen MR) is 111 cm³/mol. The second-order valence-electron chi connectivity index (χ2n) is 6.77.